The molecular weight excluding hydrogens is 346 g/mol. The minimum atomic E-state index is -0.866. The highest BCUT2D eigenvalue weighted by atomic mass is 32.1. The third-order valence-corrected chi connectivity index (χ3v) is 5.01. The van der Waals surface area contributed by atoms with Gasteiger partial charge in [-0.2, -0.15) is 0 Å². The number of aromatic nitrogens is 1. The average molecular weight is 367 g/mol. The Hall–Kier alpha value is -2.66. The summed E-state index contributed by atoms with van der Waals surface area (Å²) in [5.74, 6) is -0.0367. The van der Waals surface area contributed by atoms with Crippen LogP contribution in [0.1, 0.15) is 36.8 Å². The molecule has 3 aromatic rings. The minimum absolute atomic E-state index is 0.0609. The van der Waals surface area contributed by atoms with Crippen LogP contribution in [0.3, 0.4) is 0 Å². The van der Waals surface area contributed by atoms with E-state index in [1.807, 2.05) is 54.6 Å². The first-order valence-electron chi connectivity index (χ1n) is 8.67. The Morgan fingerprint density at radius 1 is 1.19 bits per heavy atom. The summed E-state index contributed by atoms with van der Waals surface area (Å²) >= 11 is 1.52. The van der Waals surface area contributed by atoms with Crippen molar-refractivity contribution < 1.29 is 14.6 Å². The molecule has 0 aliphatic carbocycles. The highest BCUT2D eigenvalue weighted by Crippen LogP contribution is 2.30. The molecule has 0 atom stereocenters. The standard InChI is InChI=1S/C21H21NO3S/c1-2-3-12-25-17-10-8-15(9-11-17)13-16(14-20(23)24)21-22-18-6-4-5-7-19(18)26-21/h4-11,13H,2-3,12,14H2,1H3,(H,23,24)/b16-13+. The van der Waals surface area contributed by atoms with Gasteiger partial charge in [-0.25, -0.2) is 4.98 Å². The van der Waals surface area contributed by atoms with E-state index in [2.05, 4.69) is 11.9 Å². The van der Waals surface area contributed by atoms with E-state index in [1.54, 1.807) is 0 Å². The zero-order valence-electron chi connectivity index (χ0n) is 14.6. The molecule has 1 heterocycles. The van der Waals surface area contributed by atoms with Crippen molar-refractivity contribution in [3.63, 3.8) is 0 Å². The minimum Gasteiger partial charge on any atom is -0.494 e. The Kier molecular flexibility index (Phi) is 6.02. The maximum Gasteiger partial charge on any atom is 0.307 e. The van der Waals surface area contributed by atoms with Gasteiger partial charge in [0, 0.05) is 0 Å². The lowest BCUT2D eigenvalue weighted by Crippen LogP contribution is -1.97. The van der Waals surface area contributed by atoms with E-state index in [0.717, 1.165) is 39.4 Å². The van der Waals surface area contributed by atoms with Gasteiger partial charge >= 0.3 is 5.97 Å². The summed E-state index contributed by atoms with van der Waals surface area (Å²) in [4.78, 5) is 15.9. The highest BCUT2D eigenvalue weighted by Gasteiger charge is 2.12. The molecular formula is C21H21NO3S. The molecule has 1 aromatic heterocycles. The first kappa shape index (κ1) is 18.1. The van der Waals surface area contributed by atoms with Crippen LogP contribution in [-0.4, -0.2) is 22.7 Å². The molecule has 0 saturated carbocycles. The molecule has 0 aliphatic rings. The monoisotopic (exact) mass is 367 g/mol. The van der Waals surface area contributed by atoms with Gasteiger partial charge in [0.1, 0.15) is 10.8 Å². The highest BCUT2D eigenvalue weighted by molar-refractivity contribution is 7.19. The Morgan fingerprint density at radius 2 is 1.96 bits per heavy atom. The summed E-state index contributed by atoms with van der Waals surface area (Å²) in [6.45, 7) is 2.84. The van der Waals surface area contributed by atoms with Crippen molar-refractivity contribution in [3.05, 3.63) is 59.1 Å². The lowest BCUT2D eigenvalue weighted by atomic mass is 10.1. The Morgan fingerprint density at radius 3 is 2.65 bits per heavy atom. The molecule has 134 valence electrons. The topological polar surface area (TPSA) is 59.4 Å². The van der Waals surface area contributed by atoms with Gasteiger partial charge in [0.25, 0.3) is 0 Å². The van der Waals surface area contributed by atoms with Crippen LogP contribution in [0.15, 0.2) is 48.5 Å². The third kappa shape index (κ3) is 4.70. The van der Waals surface area contributed by atoms with Crippen molar-refractivity contribution in [2.75, 3.05) is 6.61 Å². The normalized spacial score (nSPS) is 11.7. The number of hydrogen-bond donors (Lipinski definition) is 1. The number of fused-ring (bicyclic) bond motifs is 1. The van der Waals surface area contributed by atoms with Crippen LogP contribution in [0.5, 0.6) is 5.75 Å². The lowest BCUT2D eigenvalue weighted by molar-refractivity contribution is -0.135. The molecule has 0 aliphatic heterocycles. The van der Waals surface area contributed by atoms with Crippen LogP contribution in [-0.2, 0) is 4.79 Å². The molecule has 0 unspecified atom stereocenters. The number of carbonyl (C=O) groups is 1. The number of nitrogens with zero attached hydrogens (tertiary/aromatic N) is 1. The fourth-order valence-electron chi connectivity index (χ4n) is 2.56. The molecule has 0 bridgehead atoms. The summed E-state index contributed by atoms with van der Waals surface area (Å²) < 4.78 is 6.72. The molecule has 0 fully saturated rings. The van der Waals surface area contributed by atoms with Crippen LogP contribution in [0.25, 0.3) is 21.9 Å². The smallest absolute Gasteiger partial charge is 0.307 e. The van der Waals surface area contributed by atoms with Crippen molar-refractivity contribution in [1.29, 1.82) is 0 Å². The number of thiazole rings is 1. The summed E-state index contributed by atoms with van der Waals surface area (Å²) in [5.41, 5.74) is 2.53. The third-order valence-electron chi connectivity index (χ3n) is 3.90. The molecule has 0 spiro atoms. The Bertz CT molecular complexity index is 879. The number of aliphatic carboxylic acids is 1. The predicted octanol–water partition coefficient (Wildman–Crippen LogP) is 5.49. The van der Waals surface area contributed by atoms with Gasteiger partial charge in [0.2, 0.25) is 0 Å². The Balaban J connectivity index is 1.86. The van der Waals surface area contributed by atoms with Crippen LogP contribution < -0.4 is 4.74 Å². The first-order valence-corrected chi connectivity index (χ1v) is 9.48. The van der Waals surface area contributed by atoms with Gasteiger partial charge in [0.15, 0.2) is 0 Å². The molecule has 5 heteroatoms. The van der Waals surface area contributed by atoms with Crippen molar-refractivity contribution in [1.82, 2.24) is 4.98 Å². The molecule has 0 radical (unpaired) electrons. The molecule has 1 N–H and O–H groups in total. The molecule has 2 aromatic carbocycles. The summed E-state index contributed by atoms with van der Waals surface area (Å²) in [7, 11) is 0. The fourth-order valence-corrected chi connectivity index (χ4v) is 3.54. The van der Waals surface area contributed by atoms with E-state index in [-0.39, 0.29) is 6.42 Å². The summed E-state index contributed by atoms with van der Waals surface area (Å²) in [5, 5.41) is 10.0. The summed E-state index contributed by atoms with van der Waals surface area (Å²) in [6.07, 6.45) is 3.96. The van der Waals surface area contributed by atoms with Gasteiger partial charge in [0.05, 0.1) is 23.2 Å². The maximum atomic E-state index is 11.3. The van der Waals surface area contributed by atoms with Crippen LogP contribution in [0.2, 0.25) is 0 Å². The van der Waals surface area contributed by atoms with Crippen LogP contribution >= 0.6 is 11.3 Å². The lowest BCUT2D eigenvalue weighted by Gasteiger charge is -2.06. The first-order chi connectivity index (χ1) is 12.7. The fraction of sp³-hybridized carbons (Fsp3) is 0.238. The van der Waals surface area contributed by atoms with Crippen molar-refractivity contribution in [2.24, 2.45) is 0 Å². The second-order valence-corrected chi connectivity index (χ2v) is 7.03. The van der Waals surface area contributed by atoms with E-state index in [4.69, 9.17) is 4.74 Å². The molecule has 3 rings (SSSR count). The summed E-state index contributed by atoms with van der Waals surface area (Å²) in [6, 6.07) is 15.5. The molecule has 4 nitrogen and oxygen atoms in total. The molecule has 0 saturated heterocycles. The van der Waals surface area contributed by atoms with E-state index >= 15 is 0 Å². The van der Waals surface area contributed by atoms with Crippen LogP contribution in [0.4, 0.5) is 0 Å². The number of unbranched alkanes of at least 4 members (excludes halogenated alkanes) is 1. The van der Waals surface area contributed by atoms with Gasteiger partial charge in [-0.05, 0) is 47.9 Å². The zero-order chi connectivity index (χ0) is 18.4. The predicted molar refractivity (Wildman–Crippen MR) is 107 cm³/mol. The second-order valence-electron chi connectivity index (χ2n) is 6.00. The number of rotatable bonds is 8. The van der Waals surface area contributed by atoms with Gasteiger partial charge in [-0.15, -0.1) is 11.3 Å². The number of para-hydroxylation sites is 1. The van der Waals surface area contributed by atoms with Gasteiger partial charge in [-0.3, -0.25) is 4.79 Å². The largest absolute Gasteiger partial charge is 0.494 e. The number of carboxylic acids is 1. The molecule has 0 amide bonds. The SMILES string of the molecule is CCCCOc1ccc(/C=C(\CC(=O)O)c2nc3ccccc3s2)cc1. The van der Waals surface area contributed by atoms with Crippen molar-refractivity contribution in [2.45, 2.75) is 26.2 Å². The number of benzene rings is 2. The number of ether oxygens (including phenoxy) is 1. The van der Waals surface area contributed by atoms with Gasteiger partial charge in [-0.1, -0.05) is 37.6 Å². The number of hydrogen-bond acceptors (Lipinski definition) is 4. The average Bonchev–Trinajstić information content (AvgIpc) is 3.06. The maximum absolute atomic E-state index is 11.3. The quantitative estimate of drug-likeness (QED) is 0.535. The Labute approximate surface area is 156 Å². The van der Waals surface area contributed by atoms with Crippen molar-refractivity contribution in [3.8, 4) is 5.75 Å². The van der Waals surface area contributed by atoms with E-state index in [1.165, 1.54) is 11.3 Å². The second kappa shape index (κ2) is 8.63. The molecule has 26 heavy (non-hydrogen) atoms. The van der Waals surface area contributed by atoms with Gasteiger partial charge < -0.3 is 9.84 Å². The van der Waals surface area contributed by atoms with E-state index in [9.17, 15) is 9.90 Å². The van der Waals surface area contributed by atoms with Crippen LogP contribution in [0, 0.1) is 0 Å². The number of carboxylic acid groups (broad SMARTS) is 1. The van der Waals surface area contributed by atoms with E-state index < -0.39 is 5.97 Å². The van der Waals surface area contributed by atoms with Crippen molar-refractivity contribution >= 4 is 39.2 Å². The van der Waals surface area contributed by atoms with E-state index in [0.29, 0.717) is 12.2 Å². The zero-order valence-corrected chi connectivity index (χ0v) is 15.5.